The topological polar surface area (TPSA) is 80.9 Å². The third-order valence-corrected chi connectivity index (χ3v) is 3.30. The third kappa shape index (κ3) is 2.01. The molecule has 3 N–H and O–H groups in total. The van der Waals surface area contributed by atoms with Crippen LogP contribution < -0.4 is 11.1 Å². The van der Waals surface area contributed by atoms with Gasteiger partial charge in [-0.1, -0.05) is 17.7 Å². The first-order valence-electron chi connectivity index (χ1n) is 5.46. The molecular formula is C12H8Cl2N4O. The Kier molecular flexibility index (Phi) is 2.80. The summed E-state index contributed by atoms with van der Waals surface area (Å²) in [5, 5.41) is 3.05. The maximum absolute atomic E-state index is 11.7. The molecule has 0 fully saturated rings. The van der Waals surface area contributed by atoms with E-state index in [0.29, 0.717) is 23.5 Å². The number of hydrogen-bond acceptors (Lipinski definition) is 4. The van der Waals surface area contributed by atoms with Crippen LogP contribution in [0.2, 0.25) is 10.4 Å². The van der Waals surface area contributed by atoms with Crippen LogP contribution in [0.1, 0.15) is 15.9 Å². The van der Waals surface area contributed by atoms with Crippen molar-refractivity contribution in [1.82, 2.24) is 15.3 Å². The first-order chi connectivity index (χ1) is 9.06. The maximum Gasteiger partial charge on any atom is 0.254 e. The predicted molar refractivity (Wildman–Crippen MR) is 73.1 cm³/mol. The molecule has 2 aromatic rings. The molecule has 0 spiro atoms. The van der Waals surface area contributed by atoms with Gasteiger partial charge in [0.05, 0.1) is 11.3 Å². The average Bonchev–Trinajstić information content (AvgIpc) is 2.72. The van der Waals surface area contributed by atoms with E-state index in [2.05, 4.69) is 15.3 Å². The fourth-order valence-corrected chi connectivity index (χ4v) is 2.55. The molecule has 1 aromatic carbocycles. The van der Waals surface area contributed by atoms with Gasteiger partial charge in [-0.25, -0.2) is 9.97 Å². The van der Waals surface area contributed by atoms with Crippen molar-refractivity contribution in [3.8, 4) is 11.3 Å². The van der Waals surface area contributed by atoms with E-state index in [1.54, 1.807) is 18.2 Å². The second kappa shape index (κ2) is 4.36. The first kappa shape index (κ1) is 12.2. The van der Waals surface area contributed by atoms with Gasteiger partial charge in [-0.3, -0.25) is 4.79 Å². The summed E-state index contributed by atoms with van der Waals surface area (Å²) in [5.74, 6) is -0.180. The minimum Gasteiger partial charge on any atom is -0.398 e. The second-order valence-corrected chi connectivity index (χ2v) is 4.81. The lowest BCUT2D eigenvalue weighted by molar-refractivity contribution is 0.0966. The molecule has 0 unspecified atom stereocenters. The zero-order chi connectivity index (χ0) is 13.6. The third-order valence-electron chi connectivity index (χ3n) is 2.94. The van der Waals surface area contributed by atoms with Crippen LogP contribution in [0.4, 0.5) is 5.69 Å². The van der Waals surface area contributed by atoms with Crippen molar-refractivity contribution in [3.05, 3.63) is 39.8 Å². The van der Waals surface area contributed by atoms with Crippen LogP contribution >= 0.6 is 23.2 Å². The molecule has 0 radical (unpaired) electrons. The van der Waals surface area contributed by atoms with Crippen molar-refractivity contribution in [1.29, 1.82) is 0 Å². The highest BCUT2D eigenvalue weighted by Crippen LogP contribution is 2.32. The van der Waals surface area contributed by atoms with E-state index in [4.69, 9.17) is 28.9 Å². The van der Waals surface area contributed by atoms with Gasteiger partial charge in [0, 0.05) is 23.9 Å². The Bertz CT molecular complexity index is 682. The van der Waals surface area contributed by atoms with E-state index >= 15 is 0 Å². The van der Waals surface area contributed by atoms with Crippen LogP contribution in [-0.2, 0) is 6.54 Å². The van der Waals surface area contributed by atoms with Crippen molar-refractivity contribution in [2.75, 3.05) is 5.73 Å². The number of aromatic nitrogens is 2. The van der Waals surface area contributed by atoms with Gasteiger partial charge in [0.2, 0.25) is 5.28 Å². The number of fused-ring (bicyclic) bond motifs is 1. The zero-order valence-corrected chi connectivity index (χ0v) is 11.1. The Morgan fingerprint density at radius 3 is 2.79 bits per heavy atom. The Morgan fingerprint density at radius 2 is 2.05 bits per heavy atom. The van der Waals surface area contributed by atoms with Gasteiger partial charge in [0.15, 0.2) is 0 Å². The molecule has 3 rings (SSSR count). The molecule has 0 aliphatic carbocycles. The van der Waals surface area contributed by atoms with E-state index in [9.17, 15) is 4.79 Å². The molecule has 0 atom stereocenters. The Morgan fingerprint density at radius 1 is 1.26 bits per heavy atom. The van der Waals surface area contributed by atoms with Crippen LogP contribution in [0.3, 0.4) is 0 Å². The minimum absolute atomic E-state index is 0.0605. The molecule has 19 heavy (non-hydrogen) atoms. The predicted octanol–water partition coefficient (Wildman–Crippen LogP) is 2.28. The summed E-state index contributed by atoms with van der Waals surface area (Å²) in [7, 11) is 0. The van der Waals surface area contributed by atoms with Crippen molar-refractivity contribution < 1.29 is 4.79 Å². The molecule has 5 nitrogen and oxygen atoms in total. The maximum atomic E-state index is 11.7. The van der Waals surface area contributed by atoms with Crippen LogP contribution in [0.5, 0.6) is 0 Å². The summed E-state index contributed by atoms with van der Waals surface area (Å²) in [6, 6.07) is 5.06. The van der Waals surface area contributed by atoms with Crippen LogP contribution in [0.25, 0.3) is 11.3 Å². The van der Waals surface area contributed by atoms with E-state index in [1.807, 2.05) is 0 Å². The van der Waals surface area contributed by atoms with Gasteiger partial charge < -0.3 is 11.1 Å². The Hall–Kier alpha value is -1.85. The van der Waals surface area contributed by atoms with Crippen LogP contribution in [0, 0.1) is 0 Å². The van der Waals surface area contributed by atoms with E-state index < -0.39 is 0 Å². The number of rotatable bonds is 1. The number of benzene rings is 1. The molecular weight excluding hydrogens is 287 g/mol. The highest BCUT2D eigenvalue weighted by molar-refractivity contribution is 6.32. The molecule has 1 amide bonds. The number of nitrogens with one attached hydrogen (secondary N) is 1. The zero-order valence-electron chi connectivity index (χ0n) is 9.58. The summed E-state index contributed by atoms with van der Waals surface area (Å²) in [5.41, 5.74) is 8.90. The summed E-state index contributed by atoms with van der Waals surface area (Å²) in [6.45, 7) is 0.410. The second-order valence-electron chi connectivity index (χ2n) is 4.08. The fraction of sp³-hybridized carbons (Fsp3) is 0.0833. The van der Waals surface area contributed by atoms with Crippen molar-refractivity contribution >= 4 is 34.8 Å². The monoisotopic (exact) mass is 294 g/mol. The Balaban J connectivity index is 2.25. The lowest BCUT2D eigenvalue weighted by atomic mass is 9.99. The lowest BCUT2D eigenvalue weighted by Gasteiger charge is -2.08. The van der Waals surface area contributed by atoms with Gasteiger partial charge in [0.25, 0.3) is 5.91 Å². The van der Waals surface area contributed by atoms with E-state index in [1.165, 1.54) is 0 Å². The summed E-state index contributed by atoms with van der Waals surface area (Å²) >= 11 is 11.7. The number of hydrogen-bond donors (Lipinski definition) is 2. The van der Waals surface area contributed by atoms with Gasteiger partial charge in [0.1, 0.15) is 5.15 Å². The molecule has 96 valence electrons. The number of nitrogen functional groups attached to an aromatic ring is 1. The minimum atomic E-state index is -0.180. The molecule has 0 bridgehead atoms. The van der Waals surface area contributed by atoms with Gasteiger partial charge in [-0.15, -0.1) is 0 Å². The standard InChI is InChI=1S/C12H8Cl2N4O/c13-9-3-8(17-12(14)18-9)5-1-2-7(15)10-6(5)4-16-11(10)19/h1-3H,4,15H2,(H,16,19). The fourth-order valence-electron chi connectivity index (χ4n) is 2.14. The highest BCUT2D eigenvalue weighted by Gasteiger charge is 2.25. The van der Waals surface area contributed by atoms with E-state index in [-0.39, 0.29) is 16.3 Å². The molecule has 0 saturated carbocycles. The smallest absolute Gasteiger partial charge is 0.254 e. The summed E-state index contributed by atoms with van der Waals surface area (Å²) in [4.78, 5) is 19.7. The molecule has 1 aromatic heterocycles. The number of nitrogens with zero attached hydrogens (tertiary/aromatic N) is 2. The highest BCUT2D eigenvalue weighted by atomic mass is 35.5. The molecule has 1 aliphatic rings. The first-order valence-corrected chi connectivity index (χ1v) is 6.22. The molecule has 0 saturated heterocycles. The van der Waals surface area contributed by atoms with Gasteiger partial charge in [-0.2, -0.15) is 0 Å². The Labute approximate surface area is 118 Å². The summed E-state index contributed by atoms with van der Waals surface area (Å²) in [6.07, 6.45) is 0. The number of anilines is 1. The molecule has 1 aliphatic heterocycles. The number of carbonyl (C=O) groups is 1. The van der Waals surface area contributed by atoms with Crippen molar-refractivity contribution in [2.24, 2.45) is 0 Å². The average molecular weight is 295 g/mol. The number of carbonyl (C=O) groups excluding carboxylic acids is 1. The number of nitrogens with two attached hydrogens (primary N) is 1. The molecule has 2 heterocycles. The van der Waals surface area contributed by atoms with Crippen molar-refractivity contribution in [3.63, 3.8) is 0 Å². The normalized spacial score (nSPS) is 13.3. The van der Waals surface area contributed by atoms with Gasteiger partial charge >= 0.3 is 0 Å². The quantitative estimate of drug-likeness (QED) is 0.480. The summed E-state index contributed by atoms with van der Waals surface area (Å²) < 4.78 is 0. The SMILES string of the molecule is Nc1ccc(-c2cc(Cl)nc(Cl)n2)c2c1C(=O)NC2. The van der Waals surface area contributed by atoms with Crippen LogP contribution in [0.15, 0.2) is 18.2 Å². The molecule has 7 heteroatoms. The van der Waals surface area contributed by atoms with Crippen LogP contribution in [-0.4, -0.2) is 15.9 Å². The van der Waals surface area contributed by atoms with Crippen molar-refractivity contribution in [2.45, 2.75) is 6.54 Å². The van der Waals surface area contributed by atoms with E-state index in [0.717, 1.165) is 11.1 Å². The largest absolute Gasteiger partial charge is 0.398 e. The number of amides is 1. The van der Waals surface area contributed by atoms with Gasteiger partial charge in [-0.05, 0) is 23.2 Å². The number of halogens is 2. The lowest BCUT2D eigenvalue weighted by Crippen LogP contribution is -2.13.